The van der Waals surface area contributed by atoms with Crippen LogP contribution in [-0.4, -0.2) is 19.6 Å². The van der Waals surface area contributed by atoms with Gasteiger partial charge in [-0.15, -0.1) is 0 Å². The number of piperidine rings is 1. The van der Waals surface area contributed by atoms with E-state index in [1.54, 1.807) is 13.0 Å². The van der Waals surface area contributed by atoms with E-state index < -0.39 is 0 Å². The molecule has 1 unspecified atom stereocenters. The van der Waals surface area contributed by atoms with Gasteiger partial charge in [-0.05, 0) is 56.5 Å². The van der Waals surface area contributed by atoms with Gasteiger partial charge in [-0.25, -0.2) is 4.39 Å². The van der Waals surface area contributed by atoms with Gasteiger partial charge in [0.05, 0.1) is 10.7 Å². The van der Waals surface area contributed by atoms with Crippen LogP contribution in [0.1, 0.15) is 18.4 Å². The van der Waals surface area contributed by atoms with Crippen LogP contribution in [-0.2, 0) is 0 Å². The van der Waals surface area contributed by atoms with E-state index in [0.717, 1.165) is 19.6 Å². The van der Waals surface area contributed by atoms with Crippen molar-refractivity contribution in [2.45, 2.75) is 19.8 Å². The lowest BCUT2D eigenvalue weighted by Crippen LogP contribution is -2.33. The predicted octanol–water partition coefficient (Wildman–Crippen LogP) is 3.20. The molecule has 1 aromatic carbocycles. The molecule has 1 aliphatic rings. The highest BCUT2D eigenvalue weighted by Gasteiger charge is 2.13. The standard InChI is InChI=1S/C13H18ClFN2/c1-9-5-11(14)13(6-12(9)15)17-8-10-3-2-4-16-7-10/h5-6,10,16-17H,2-4,7-8H2,1H3. The summed E-state index contributed by atoms with van der Waals surface area (Å²) in [6.07, 6.45) is 2.42. The van der Waals surface area contributed by atoms with Crippen LogP contribution in [0.15, 0.2) is 12.1 Å². The van der Waals surface area contributed by atoms with Gasteiger partial charge in [0.15, 0.2) is 0 Å². The molecule has 0 aromatic heterocycles. The number of anilines is 1. The number of halogens is 2. The van der Waals surface area contributed by atoms with Crippen molar-refractivity contribution in [2.75, 3.05) is 25.0 Å². The Morgan fingerprint density at radius 2 is 2.35 bits per heavy atom. The third kappa shape index (κ3) is 3.33. The summed E-state index contributed by atoms with van der Waals surface area (Å²) in [4.78, 5) is 0. The molecule has 2 nitrogen and oxygen atoms in total. The van der Waals surface area contributed by atoms with E-state index in [1.165, 1.54) is 18.9 Å². The van der Waals surface area contributed by atoms with Crippen molar-refractivity contribution >= 4 is 17.3 Å². The maximum atomic E-state index is 13.4. The zero-order valence-electron chi connectivity index (χ0n) is 10.0. The highest BCUT2D eigenvalue weighted by Crippen LogP contribution is 2.25. The summed E-state index contributed by atoms with van der Waals surface area (Å²) in [7, 11) is 0. The number of rotatable bonds is 3. The summed E-state index contributed by atoms with van der Waals surface area (Å²) in [5.41, 5.74) is 1.28. The molecule has 0 spiro atoms. The number of nitrogens with one attached hydrogen (secondary N) is 2. The Bertz CT molecular complexity index is 389. The Morgan fingerprint density at radius 3 is 3.06 bits per heavy atom. The van der Waals surface area contributed by atoms with Crippen LogP contribution >= 0.6 is 11.6 Å². The number of aryl methyl sites for hydroxylation is 1. The molecule has 0 saturated carbocycles. The Labute approximate surface area is 107 Å². The van der Waals surface area contributed by atoms with Crippen molar-refractivity contribution in [1.82, 2.24) is 5.32 Å². The first-order valence-electron chi connectivity index (χ1n) is 6.07. The van der Waals surface area contributed by atoms with Gasteiger partial charge in [0.1, 0.15) is 5.82 Å². The second-order valence-electron chi connectivity index (χ2n) is 4.67. The minimum atomic E-state index is -0.210. The lowest BCUT2D eigenvalue weighted by molar-refractivity contribution is 0.393. The number of hydrogen-bond donors (Lipinski definition) is 2. The Balaban J connectivity index is 1.96. The van der Waals surface area contributed by atoms with Crippen molar-refractivity contribution in [3.8, 4) is 0 Å². The van der Waals surface area contributed by atoms with E-state index in [0.29, 0.717) is 22.2 Å². The highest BCUT2D eigenvalue weighted by molar-refractivity contribution is 6.33. The molecule has 4 heteroatoms. The van der Waals surface area contributed by atoms with E-state index in [4.69, 9.17) is 11.6 Å². The Hall–Kier alpha value is -0.800. The second kappa shape index (κ2) is 5.69. The average molecular weight is 257 g/mol. The molecular formula is C13H18ClFN2. The van der Waals surface area contributed by atoms with Gasteiger partial charge in [0.2, 0.25) is 0 Å². The van der Waals surface area contributed by atoms with E-state index >= 15 is 0 Å². The van der Waals surface area contributed by atoms with Crippen molar-refractivity contribution in [2.24, 2.45) is 5.92 Å². The van der Waals surface area contributed by atoms with Gasteiger partial charge in [0.25, 0.3) is 0 Å². The zero-order chi connectivity index (χ0) is 12.3. The van der Waals surface area contributed by atoms with Gasteiger partial charge in [-0.2, -0.15) is 0 Å². The predicted molar refractivity (Wildman–Crippen MR) is 70.2 cm³/mol. The summed E-state index contributed by atoms with van der Waals surface area (Å²) < 4.78 is 13.4. The van der Waals surface area contributed by atoms with E-state index in [2.05, 4.69) is 10.6 Å². The lowest BCUT2D eigenvalue weighted by atomic mass is 10.00. The molecule has 1 fully saturated rings. The van der Waals surface area contributed by atoms with Crippen molar-refractivity contribution in [3.05, 3.63) is 28.5 Å². The topological polar surface area (TPSA) is 24.1 Å². The second-order valence-corrected chi connectivity index (χ2v) is 5.08. The molecule has 0 radical (unpaired) electrons. The van der Waals surface area contributed by atoms with Crippen molar-refractivity contribution in [3.63, 3.8) is 0 Å². The number of benzene rings is 1. The van der Waals surface area contributed by atoms with Crippen LogP contribution < -0.4 is 10.6 Å². The normalized spacial score (nSPS) is 20.3. The molecule has 1 aliphatic heterocycles. The Morgan fingerprint density at radius 1 is 1.53 bits per heavy atom. The minimum absolute atomic E-state index is 0.210. The van der Waals surface area contributed by atoms with Crippen LogP contribution in [0.2, 0.25) is 5.02 Å². The van der Waals surface area contributed by atoms with E-state index in [9.17, 15) is 4.39 Å². The number of hydrogen-bond acceptors (Lipinski definition) is 2. The summed E-state index contributed by atoms with van der Waals surface area (Å²) >= 11 is 6.07. The van der Waals surface area contributed by atoms with Crippen LogP contribution in [0, 0.1) is 18.7 Å². The van der Waals surface area contributed by atoms with Gasteiger partial charge in [-0.3, -0.25) is 0 Å². The first-order chi connectivity index (χ1) is 8.16. The smallest absolute Gasteiger partial charge is 0.128 e. The summed E-state index contributed by atoms with van der Waals surface area (Å²) in [5, 5.41) is 7.19. The minimum Gasteiger partial charge on any atom is -0.383 e. The van der Waals surface area contributed by atoms with Crippen LogP contribution in [0.5, 0.6) is 0 Å². The molecule has 2 rings (SSSR count). The maximum Gasteiger partial charge on any atom is 0.128 e. The summed E-state index contributed by atoms with van der Waals surface area (Å²) in [5.74, 6) is 0.392. The molecule has 1 aromatic rings. The summed E-state index contributed by atoms with van der Waals surface area (Å²) in [6, 6.07) is 3.15. The first-order valence-corrected chi connectivity index (χ1v) is 6.45. The molecule has 0 amide bonds. The van der Waals surface area contributed by atoms with Gasteiger partial charge in [0, 0.05) is 6.54 Å². The van der Waals surface area contributed by atoms with Gasteiger partial charge >= 0.3 is 0 Å². The highest BCUT2D eigenvalue weighted by atomic mass is 35.5. The molecule has 0 aliphatic carbocycles. The molecule has 1 saturated heterocycles. The fraction of sp³-hybridized carbons (Fsp3) is 0.538. The fourth-order valence-electron chi connectivity index (χ4n) is 2.13. The van der Waals surface area contributed by atoms with E-state index in [1.807, 2.05) is 0 Å². The van der Waals surface area contributed by atoms with Crippen molar-refractivity contribution in [1.29, 1.82) is 0 Å². The van der Waals surface area contributed by atoms with Crippen LogP contribution in [0.4, 0.5) is 10.1 Å². The largest absolute Gasteiger partial charge is 0.383 e. The maximum absolute atomic E-state index is 13.4. The van der Waals surface area contributed by atoms with Crippen molar-refractivity contribution < 1.29 is 4.39 Å². The molecule has 2 N–H and O–H groups in total. The van der Waals surface area contributed by atoms with Crippen LogP contribution in [0.25, 0.3) is 0 Å². The fourth-order valence-corrected chi connectivity index (χ4v) is 2.42. The van der Waals surface area contributed by atoms with Crippen LogP contribution in [0.3, 0.4) is 0 Å². The molecular weight excluding hydrogens is 239 g/mol. The molecule has 0 bridgehead atoms. The zero-order valence-corrected chi connectivity index (χ0v) is 10.8. The third-order valence-corrected chi connectivity index (χ3v) is 3.54. The molecule has 1 atom stereocenters. The molecule has 17 heavy (non-hydrogen) atoms. The molecule has 94 valence electrons. The summed E-state index contributed by atoms with van der Waals surface area (Å²) in [6.45, 7) is 4.70. The Kier molecular flexibility index (Phi) is 4.24. The third-order valence-electron chi connectivity index (χ3n) is 3.23. The van der Waals surface area contributed by atoms with Gasteiger partial charge in [-0.1, -0.05) is 11.6 Å². The first kappa shape index (κ1) is 12.7. The monoisotopic (exact) mass is 256 g/mol. The molecule has 1 heterocycles. The average Bonchev–Trinajstić information content (AvgIpc) is 2.33. The lowest BCUT2D eigenvalue weighted by Gasteiger charge is -2.23. The quantitative estimate of drug-likeness (QED) is 0.868. The van der Waals surface area contributed by atoms with Gasteiger partial charge < -0.3 is 10.6 Å². The SMILES string of the molecule is Cc1cc(Cl)c(NCC2CCCNC2)cc1F. The van der Waals surface area contributed by atoms with E-state index in [-0.39, 0.29) is 5.82 Å².